The Kier molecular flexibility index (Phi) is 9.95. The molecule has 1 saturated heterocycles. The summed E-state index contributed by atoms with van der Waals surface area (Å²) in [6.07, 6.45) is 6.98. The van der Waals surface area contributed by atoms with Gasteiger partial charge in [0.1, 0.15) is 11.5 Å². The van der Waals surface area contributed by atoms with Crippen LogP contribution in [0.25, 0.3) is 11.1 Å². The zero-order chi connectivity index (χ0) is 25.4. The van der Waals surface area contributed by atoms with Gasteiger partial charge in [0.15, 0.2) is 0 Å². The van der Waals surface area contributed by atoms with Crippen molar-refractivity contribution in [1.29, 1.82) is 0 Å². The third-order valence-corrected chi connectivity index (χ3v) is 6.84. The molecule has 2 aromatic rings. The van der Waals surface area contributed by atoms with Gasteiger partial charge >= 0.3 is 0 Å². The van der Waals surface area contributed by atoms with Gasteiger partial charge in [0, 0.05) is 30.1 Å². The average molecular weight is 486 g/mol. The normalized spacial score (nSPS) is 24.9. The summed E-state index contributed by atoms with van der Waals surface area (Å²) in [7, 11) is 1.64. The minimum absolute atomic E-state index is 0.218. The van der Waals surface area contributed by atoms with Gasteiger partial charge in [-0.15, -0.1) is 0 Å². The summed E-state index contributed by atoms with van der Waals surface area (Å²) in [5.74, 6) is 0.100. The molecule has 0 aromatic heterocycles. The number of aliphatic hydroxyl groups is 2. The van der Waals surface area contributed by atoms with E-state index in [-0.39, 0.29) is 18.0 Å². The van der Waals surface area contributed by atoms with E-state index in [0.717, 1.165) is 74.1 Å². The molecule has 0 radical (unpaired) electrons. The van der Waals surface area contributed by atoms with Crippen LogP contribution in [0.4, 0.5) is 0 Å². The number of aliphatic carboxylic acids is 1. The number of phenols is 1. The molecule has 2 aromatic carbocycles. The van der Waals surface area contributed by atoms with E-state index in [9.17, 15) is 15.3 Å². The number of aryl methyl sites for hydroxylation is 2. The number of piperidine rings is 1. The molecule has 0 aliphatic carbocycles. The Morgan fingerprint density at radius 3 is 1.94 bits per heavy atom. The van der Waals surface area contributed by atoms with Crippen LogP contribution in [0.5, 0.6) is 11.5 Å². The van der Waals surface area contributed by atoms with Gasteiger partial charge in [0.05, 0.1) is 19.3 Å². The van der Waals surface area contributed by atoms with Crippen molar-refractivity contribution in [2.75, 3.05) is 7.11 Å². The molecule has 6 bridgehead atoms. The number of aromatic hydroxyl groups is 1. The van der Waals surface area contributed by atoms with Crippen molar-refractivity contribution in [3.05, 3.63) is 47.5 Å². The minimum atomic E-state index is -0.833. The first-order chi connectivity index (χ1) is 16.7. The average Bonchev–Trinajstić information content (AvgIpc) is 2.81. The van der Waals surface area contributed by atoms with Gasteiger partial charge in [0.25, 0.3) is 5.97 Å². The SMILES string of the molecule is CC(=O)O.COc1ccc2cc1-c1cc(ccc1O)CCC(O)CC1CCCC(CC(O)CC2)N1. The summed E-state index contributed by atoms with van der Waals surface area (Å²) in [6, 6.07) is 12.3. The largest absolute Gasteiger partial charge is 0.507 e. The van der Waals surface area contributed by atoms with E-state index in [4.69, 9.17) is 14.6 Å². The lowest BCUT2D eigenvalue weighted by Gasteiger charge is -2.33. The fraction of sp³-hybridized carbons (Fsp3) is 0.536. The quantitative estimate of drug-likeness (QED) is 0.413. The molecule has 1 fully saturated rings. The first-order valence-electron chi connectivity index (χ1n) is 12.6. The highest BCUT2D eigenvalue weighted by atomic mass is 16.5. The second-order valence-corrected chi connectivity index (χ2v) is 9.75. The number of hydrogen-bond donors (Lipinski definition) is 5. The van der Waals surface area contributed by atoms with Crippen LogP contribution >= 0.6 is 0 Å². The van der Waals surface area contributed by atoms with E-state index in [1.165, 1.54) is 0 Å². The van der Waals surface area contributed by atoms with E-state index >= 15 is 0 Å². The molecule has 35 heavy (non-hydrogen) atoms. The summed E-state index contributed by atoms with van der Waals surface area (Å²) >= 11 is 0. The van der Waals surface area contributed by atoms with Crippen molar-refractivity contribution < 1.29 is 30.0 Å². The molecule has 0 amide bonds. The number of ether oxygens (including phenoxy) is 1. The zero-order valence-corrected chi connectivity index (χ0v) is 20.7. The van der Waals surface area contributed by atoms with Crippen molar-refractivity contribution in [2.45, 2.75) is 89.0 Å². The maximum Gasteiger partial charge on any atom is 0.300 e. The van der Waals surface area contributed by atoms with Crippen molar-refractivity contribution in [1.82, 2.24) is 5.32 Å². The van der Waals surface area contributed by atoms with E-state index in [1.54, 1.807) is 13.2 Å². The highest BCUT2D eigenvalue weighted by Gasteiger charge is 2.25. The van der Waals surface area contributed by atoms with E-state index < -0.39 is 5.97 Å². The second kappa shape index (κ2) is 12.9. The minimum Gasteiger partial charge on any atom is -0.507 e. The number of nitrogens with one attached hydrogen (secondary N) is 1. The Bertz CT molecular complexity index is 974. The number of carboxylic acids is 1. The molecule has 0 spiro atoms. The van der Waals surface area contributed by atoms with Crippen LogP contribution in [0.15, 0.2) is 36.4 Å². The van der Waals surface area contributed by atoms with E-state index in [0.29, 0.717) is 30.7 Å². The highest BCUT2D eigenvalue weighted by Crippen LogP contribution is 2.38. The Morgan fingerprint density at radius 1 is 0.886 bits per heavy atom. The van der Waals surface area contributed by atoms with Crippen LogP contribution in [0.3, 0.4) is 0 Å². The molecule has 5 N–H and O–H groups in total. The van der Waals surface area contributed by atoms with Crippen LogP contribution in [0.1, 0.15) is 63.0 Å². The molecule has 0 saturated carbocycles. The Labute approximate surface area is 207 Å². The summed E-state index contributed by atoms with van der Waals surface area (Å²) in [5, 5.41) is 43.0. The number of carboxylic acid groups (broad SMARTS) is 1. The van der Waals surface area contributed by atoms with Crippen LogP contribution in [-0.4, -0.2) is 57.8 Å². The summed E-state index contributed by atoms with van der Waals surface area (Å²) in [4.78, 5) is 9.00. The first kappa shape index (κ1) is 27.0. The molecule has 2 aliphatic rings. The van der Waals surface area contributed by atoms with E-state index in [2.05, 4.69) is 11.4 Å². The molecule has 4 unspecified atom stereocenters. The molecule has 192 valence electrons. The Morgan fingerprint density at radius 2 is 1.40 bits per heavy atom. The number of fused-ring (bicyclic) bond motifs is 7. The molecule has 2 heterocycles. The molecule has 7 heteroatoms. The smallest absolute Gasteiger partial charge is 0.300 e. The predicted molar refractivity (Wildman–Crippen MR) is 136 cm³/mol. The lowest BCUT2D eigenvalue weighted by molar-refractivity contribution is -0.134. The monoisotopic (exact) mass is 485 g/mol. The van der Waals surface area contributed by atoms with Crippen molar-refractivity contribution in [3.8, 4) is 22.6 Å². The van der Waals surface area contributed by atoms with Crippen molar-refractivity contribution in [2.24, 2.45) is 0 Å². The predicted octanol–water partition coefficient (Wildman–Crippen LogP) is 4.05. The maximum absolute atomic E-state index is 10.7. The third kappa shape index (κ3) is 8.23. The fourth-order valence-electron chi connectivity index (χ4n) is 5.12. The number of hydrogen-bond acceptors (Lipinski definition) is 6. The number of carbonyl (C=O) groups is 1. The lowest BCUT2D eigenvalue weighted by Crippen LogP contribution is -2.45. The molecular weight excluding hydrogens is 446 g/mol. The Hall–Kier alpha value is -2.61. The number of methoxy groups -OCH3 is 1. The molecule has 4 atom stereocenters. The van der Waals surface area contributed by atoms with Crippen LogP contribution in [0, 0.1) is 0 Å². The van der Waals surface area contributed by atoms with Crippen molar-refractivity contribution >= 4 is 5.97 Å². The summed E-state index contributed by atoms with van der Waals surface area (Å²) < 4.78 is 5.58. The van der Waals surface area contributed by atoms with Gasteiger partial charge < -0.3 is 30.5 Å². The molecule has 4 rings (SSSR count). The third-order valence-electron chi connectivity index (χ3n) is 6.84. The molecular formula is C28H39NO6. The van der Waals surface area contributed by atoms with Crippen LogP contribution < -0.4 is 10.1 Å². The van der Waals surface area contributed by atoms with Gasteiger partial charge in [-0.1, -0.05) is 18.6 Å². The maximum atomic E-state index is 10.7. The van der Waals surface area contributed by atoms with Gasteiger partial charge in [-0.05, 0) is 86.8 Å². The number of benzene rings is 2. The van der Waals surface area contributed by atoms with Gasteiger partial charge in [-0.25, -0.2) is 0 Å². The topological polar surface area (TPSA) is 119 Å². The zero-order valence-electron chi connectivity index (χ0n) is 20.7. The van der Waals surface area contributed by atoms with Gasteiger partial charge in [0.2, 0.25) is 0 Å². The van der Waals surface area contributed by atoms with Gasteiger partial charge in [-0.2, -0.15) is 0 Å². The number of rotatable bonds is 1. The van der Waals surface area contributed by atoms with Crippen molar-refractivity contribution in [3.63, 3.8) is 0 Å². The highest BCUT2D eigenvalue weighted by molar-refractivity contribution is 5.76. The standard InChI is InChI=1S/C26H35NO4.C2H4O2/c1-31-26-12-8-18-6-10-22(29)16-20-4-2-3-19(27-20)15-21(28)9-5-17-7-11-25(30)23(13-17)24(26)14-18;1-2(3)4/h7-8,11-14,19-22,27-30H,2-6,9-10,15-16H2,1H3;1H3,(H,3,4). The summed E-state index contributed by atoms with van der Waals surface area (Å²) in [6.45, 7) is 1.08. The first-order valence-corrected chi connectivity index (χ1v) is 12.6. The lowest BCUT2D eigenvalue weighted by atomic mass is 9.90. The second-order valence-electron chi connectivity index (χ2n) is 9.75. The molecule has 2 aliphatic heterocycles. The Balaban J connectivity index is 0.000000795. The van der Waals surface area contributed by atoms with Crippen LogP contribution in [-0.2, 0) is 17.6 Å². The van der Waals surface area contributed by atoms with E-state index in [1.807, 2.05) is 24.3 Å². The van der Waals surface area contributed by atoms with Crippen LogP contribution in [0.2, 0.25) is 0 Å². The number of aliphatic hydroxyl groups excluding tert-OH is 2. The fourth-order valence-corrected chi connectivity index (χ4v) is 5.12. The number of phenolic OH excluding ortho intramolecular Hbond substituents is 1. The van der Waals surface area contributed by atoms with Gasteiger partial charge in [-0.3, -0.25) is 4.79 Å². The summed E-state index contributed by atoms with van der Waals surface area (Å²) in [5.41, 5.74) is 3.81. The molecule has 7 nitrogen and oxygen atoms in total.